The SMILES string of the molecule is Cc1ccc(Nc2nnc(SCc3noc(-c4ccsc4)n3)s2)cc1C. The van der Waals surface area contributed by atoms with Crippen molar-refractivity contribution < 1.29 is 4.52 Å². The van der Waals surface area contributed by atoms with E-state index < -0.39 is 0 Å². The van der Waals surface area contributed by atoms with E-state index in [9.17, 15) is 0 Å². The Labute approximate surface area is 162 Å². The summed E-state index contributed by atoms with van der Waals surface area (Å²) < 4.78 is 6.15. The molecule has 0 aliphatic carbocycles. The number of benzene rings is 1. The molecule has 0 aliphatic heterocycles. The Morgan fingerprint density at radius 3 is 2.88 bits per heavy atom. The first-order chi connectivity index (χ1) is 12.7. The summed E-state index contributed by atoms with van der Waals surface area (Å²) in [7, 11) is 0. The van der Waals surface area contributed by atoms with Gasteiger partial charge in [-0.05, 0) is 48.6 Å². The maximum Gasteiger partial charge on any atom is 0.258 e. The maximum atomic E-state index is 5.29. The molecule has 0 spiro atoms. The van der Waals surface area contributed by atoms with Gasteiger partial charge >= 0.3 is 0 Å². The lowest BCUT2D eigenvalue weighted by molar-refractivity contribution is 0.425. The first kappa shape index (κ1) is 17.2. The van der Waals surface area contributed by atoms with Gasteiger partial charge in [0.1, 0.15) is 0 Å². The number of aryl methyl sites for hydroxylation is 2. The third-order valence-electron chi connectivity index (χ3n) is 3.73. The molecular weight excluding hydrogens is 386 g/mol. The predicted octanol–water partition coefficient (Wildman–Crippen LogP) is 5.30. The van der Waals surface area contributed by atoms with Crippen LogP contribution >= 0.6 is 34.4 Å². The van der Waals surface area contributed by atoms with Crippen molar-refractivity contribution in [3.8, 4) is 11.5 Å². The van der Waals surface area contributed by atoms with Gasteiger partial charge in [-0.15, -0.1) is 10.2 Å². The fraction of sp³-hybridized carbons (Fsp3) is 0.176. The molecule has 1 N–H and O–H groups in total. The van der Waals surface area contributed by atoms with Crippen molar-refractivity contribution in [2.45, 2.75) is 23.9 Å². The summed E-state index contributed by atoms with van der Waals surface area (Å²) in [4.78, 5) is 4.41. The number of thioether (sulfide) groups is 1. The van der Waals surface area contributed by atoms with E-state index >= 15 is 0 Å². The summed E-state index contributed by atoms with van der Waals surface area (Å²) in [6.45, 7) is 4.19. The topological polar surface area (TPSA) is 76.7 Å². The Balaban J connectivity index is 1.37. The summed E-state index contributed by atoms with van der Waals surface area (Å²) in [5, 5.41) is 20.5. The van der Waals surface area contributed by atoms with E-state index in [-0.39, 0.29) is 0 Å². The number of hydrogen-bond donors (Lipinski definition) is 1. The highest BCUT2D eigenvalue weighted by Gasteiger charge is 2.11. The van der Waals surface area contributed by atoms with E-state index in [2.05, 4.69) is 51.6 Å². The second-order valence-corrected chi connectivity index (χ2v) is 8.59. The van der Waals surface area contributed by atoms with Crippen LogP contribution in [0.25, 0.3) is 11.5 Å². The lowest BCUT2D eigenvalue weighted by atomic mass is 10.1. The van der Waals surface area contributed by atoms with Gasteiger partial charge in [0, 0.05) is 11.1 Å². The molecule has 0 atom stereocenters. The number of nitrogens with one attached hydrogen (secondary N) is 1. The van der Waals surface area contributed by atoms with E-state index in [0.29, 0.717) is 17.5 Å². The number of aromatic nitrogens is 4. The molecular formula is C17H15N5OS3. The van der Waals surface area contributed by atoms with Crippen LogP contribution in [0.5, 0.6) is 0 Å². The van der Waals surface area contributed by atoms with Crippen molar-refractivity contribution in [3.63, 3.8) is 0 Å². The van der Waals surface area contributed by atoms with Crippen LogP contribution < -0.4 is 5.32 Å². The average Bonchev–Trinajstić information content (AvgIpc) is 3.37. The van der Waals surface area contributed by atoms with Gasteiger partial charge < -0.3 is 9.84 Å². The minimum absolute atomic E-state index is 0.552. The minimum Gasteiger partial charge on any atom is -0.334 e. The Bertz CT molecular complexity index is 1010. The normalized spacial score (nSPS) is 11.0. The standard InChI is InChI=1S/C17H15N5OS3/c1-10-3-4-13(7-11(10)2)18-16-20-21-17(26-16)25-9-14-19-15(23-22-14)12-5-6-24-8-12/h3-8H,9H2,1-2H3,(H,18,20). The lowest BCUT2D eigenvalue weighted by Gasteiger charge is -2.05. The smallest absolute Gasteiger partial charge is 0.258 e. The fourth-order valence-electron chi connectivity index (χ4n) is 2.20. The van der Waals surface area contributed by atoms with Gasteiger partial charge in [-0.2, -0.15) is 16.3 Å². The largest absolute Gasteiger partial charge is 0.334 e. The highest BCUT2D eigenvalue weighted by molar-refractivity contribution is 8.00. The first-order valence-corrected chi connectivity index (χ1v) is 10.6. The van der Waals surface area contributed by atoms with Gasteiger partial charge in [0.25, 0.3) is 5.89 Å². The third-order valence-corrected chi connectivity index (χ3v) is 6.38. The first-order valence-electron chi connectivity index (χ1n) is 7.83. The second-order valence-electron chi connectivity index (χ2n) is 5.61. The van der Waals surface area contributed by atoms with E-state index in [1.54, 1.807) is 23.1 Å². The Morgan fingerprint density at radius 1 is 1.15 bits per heavy atom. The molecule has 4 rings (SSSR count). The number of nitrogens with zero attached hydrogens (tertiary/aromatic N) is 4. The van der Waals surface area contributed by atoms with Crippen LogP contribution in [0.3, 0.4) is 0 Å². The summed E-state index contributed by atoms with van der Waals surface area (Å²) in [6, 6.07) is 8.21. The van der Waals surface area contributed by atoms with E-state index in [0.717, 1.165) is 20.7 Å². The summed E-state index contributed by atoms with van der Waals surface area (Å²) >= 11 is 4.65. The molecule has 0 saturated heterocycles. The van der Waals surface area contributed by atoms with Crippen LogP contribution in [0.1, 0.15) is 17.0 Å². The molecule has 0 bridgehead atoms. The van der Waals surface area contributed by atoms with Gasteiger partial charge in [-0.25, -0.2) is 0 Å². The van der Waals surface area contributed by atoms with Gasteiger partial charge in [0.2, 0.25) is 5.13 Å². The molecule has 26 heavy (non-hydrogen) atoms. The predicted molar refractivity (Wildman–Crippen MR) is 106 cm³/mol. The minimum atomic E-state index is 0.552. The highest BCUT2D eigenvalue weighted by atomic mass is 32.2. The zero-order chi connectivity index (χ0) is 17.9. The molecule has 0 amide bonds. The highest BCUT2D eigenvalue weighted by Crippen LogP contribution is 2.30. The van der Waals surface area contributed by atoms with Crippen LogP contribution in [-0.4, -0.2) is 20.3 Å². The van der Waals surface area contributed by atoms with E-state index in [1.807, 2.05) is 22.9 Å². The molecule has 6 nitrogen and oxygen atoms in total. The summed E-state index contributed by atoms with van der Waals surface area (Å²) in [6.07, 6.45) is 0. The van der Waals surface area contributed by atoms with Crippen molar-refractivity contribution in [1.29, 1.82) is 0 Å². The molecule has 1 aromatic carbocycles. The molecule has 3 aromatic heterocycles. The number of hydrogen-bond acceptors (Lipinski definition) is 9. The van der Waals surface area contributed by atoms with Gasteiger partial charge in [0.05, 0.1) is 11.3 Å². The van der Waals surface area contributed by atoms with E-state index in [4.69, 9.17) is 4.52 Å². The molecule has 9 heteroatoms. The number of rotatable bonds is 6. The Morgan fingerprint density at radius 2 is 2.08 bits per heavy atom. The number of thiophene rings is 1. The maximum absolute atomic E-state index is 5.29. The average molecular weight is 402 g/mol. The van der Waals surface area contributed by atoms with Gasteiger partial charge in [-0.1, -0.05) is 34.3 Å². The fourth-order valence-corrected chi connectivity index (χ4v) is 4.45. The molecule has 3 heterocycles. The van der Waals surface area contributed by atoms with Crippen molar-refractivity contribution >= 4 is 45.3 Å². The van der Waals surface area contributed by atoms with Crippen molar-refractivity contribution in [3.05, 3.63) is 52.0 Å². The van der Waals surface area contributed by atoms with E-state index in [1.165, 1.54) is 22.5 Å². The van der Waals surface area contributed by atoms with Crippen LogP contribution in [0, 0.1) is 13.8 Å². The summed E-state index contributed by atoms with van der Waals surface area (Å²) in [5.74, 6) is 1.79. The van der Waals surface area contributed by atoms with Crippen LogP contribution in [0.2, 0.25) is 0 Å². The van der Waals surface area contributed by atoms with Crippen LogP contribution in [-0.2, 0) is 5.75 Å². The molecule has 0 unspecified atom stereocenters. The molecule has 0 fully saturated rings. The van der Waals surface area contributed by atoms with Crippen molar-refractivity contribution in [2.24, 2.45) is 0 Å². The molecule has 132 valence electrons. The molecule has 4 aromatic rings. The molecule has 0 radical (unpaired) electrons. The quantitative estimate of drug-likeness (QED) is 0.439. The van der Waals surface area contributed by atoms with Crippen LogP contribution in [0.4, 0.5) is 10.8 Å². The Hall–Kier alpha value is -2.23. The zero-order valence-electron chi connectivity index (χ0n) is 14.1. The zero-order valence-corrected chi connectivity index (χ0v) is 16.5. The van der Waals surface area contributed by atoms with Crippen molar-refractivity contribution in [2.75, 3.05) is 5.32 Å². The summed E-state index contributed by atoms with van der Waals surface area (Å²) in [5.41, 5.74) is 4.48. The molecule has 0 saturated carbocycles. The molecule has 0 aliphatic rings. The van der Waals surface area contributed by atoms with Crippen LogP contribution in [0.15, 0.2) is 43.9 Å². The van der Waals surface area contributed by atoms with Gasteiger partial charge in [0.15, 0.2) is 10.2 Å². The third kappa shape index (κ3) is 3.95. The monoisotopic (exact) mass is 401 g/mol. The number of anilines is 2. The van der Waals surface area contributed by atoms with Gasteiger partial charge in [-0.3, -0.25) is 0 Å². The second kappa shape index (κ2) is 7.56. The van der Waals surface area contributed by atoms with Crippen molar-refractivity contribution in [1.82, 2.24) is 20.3 Å². The lowest BCUT2D eigenvalue weighted by Crippen LogP contribution is -1.91. The Kier molecular flexibility index (Phi) is 5.00.